The van der Waals surface area contributed by atoms with Crippen LogP contribution in [0.1, 0.15) is 50.0 Å². The number of imide groups is 1. The minimum absolute atomic E-state index is 0.0168. The van der Waals surface area contributed by atoms with E-state index in [-0.39, 0.29) is 18.9 Å². The molecule has 1 aromatic heterocycles. The molecule has 0 unspecified atom stereocenters. The lowest BCUT2D eigenvalue weighted by molar-refractivity contribution is -0.148. The van der Waals surface area contributed by atoms with Crippen molar-refractivity contribution >= 4 is 17.9 Å². The molecule has 0 aliphatic heterocycles. The van der Waals surface area contributed by atoms with Crippen molar-refractivity contribution in [1.82, 2.24) is 20.8 Å². The molecule has 1 aromatic carbocycles. The third-order valence-electron chi connectivity index (χ3n) is 4.87. The minimum Gasteiger partial charge on any atom is -0.456 e. The van der Waals surface area contributed by atoms with E-state index in [4.69, 9.17) is 9.15 Å². The SMILES string of the molecule is Cc1ccc(-c2nnc(CCC(=O)OCC(=O)NC(=O)NC3CCCCC3)o2)cc1. The molecule has 1 heterocycles. The largest absolute Gasteiger partial charge is 0.456 e. The quantitative estimate of drug-likeness (QED) is 0.668. The van der Waals surface area contributed by atoms with Gasteiger partial charge in [0.1, 0.15) is 0 Å². The molecule has 30 heavy (non-hydrogen) atoms. The Bertz CT molecular complexity index is 872. The molecule has 1 fully saturated rings. The second-order valence-corrected chi connectivity index (χ2v) is 7.38. The average molecular weight is 414 g/mol. The lowest BCUT2D eigenvalue weighted by Gasteiger charge is -2.22. The topological polar surface area (TPSA) is 123 Å². The van der Waals surface area contributed by atoms with Crippen molar-refractivity contribution in [3.05, 3.63) is 35.7 Å². The van der Waals surface area contributed by atoms with E-state index in [1.807, 2.05) is 31.2 Å². The first-order chi connectivity index (χ1) is 14.5. The van der Waals surface area contributed by atoms with Crippen LogP contribution in [-0.2, 0) is 20.7 Å². The van der Waals surface area contributed by atoms with E-state index in [2.05, 4.69) is 20.8 Å². The molecule has 1 aliphatic carbocycles. The molecule has 3 rings (SSSR count). The predicted molar refractivity (Wildman–Crippen MR) is 107 cm³/mol. The van der Waals surface area contributed by atoms with E-state index >= 15 is 0 Å². The van der Waals surface area contributed by atoms with Crippen LogP contribution in [0.4, 0.5) is 4.79 Å². The maximum absolute atomic E-state index is 11.8. The van der Waals surface area contributed by atoms with Crippen LogP contribution in [0.2, 0.25) is 0 Å². The predicted octanol–water partition coefficient (Wildman–Crippen LogP) is 2.68. The molecular formula is C21H26N4O5. The van der Waals surface area contributed by atoms with Crippen LogP contribution in [0.5, 0.6) is 0 Å². The van der Waals surface area contributed by atoms with Crippen LogP contribution in [0.15, 0.2) is 28.7 Å². The van der Waals surface area contributed by atoms with Gasteiger partial charge in [-0.15, -0.1) is 10.2 Å². The summed E-state index contributed by atoms with van der Waals surface area (Å²) in [7, 11) is 0. The Labute approximate surface area is 174 Å². The Morgan fingerprint density at radius 3 is 2.57 bits per heavy atom. The van der Waals surface area contributed by atoms with Crippen molar-refractivity contribution in [2.24, 2.45) is 0 Å². The van der Waals surface area contributed by atoms with Gasteiger partial charge in [-0.2, -0.15) is 0 Å². The summed E-state index contributed by atoms with van der Waals surface area (Å²) in [6.45, 7) is 1.47. The Balaban J connectivity index is 1.35. The zero-order valence-electron chi connectivity index (χ0n) is 17.0. The van der Waals surface area contributed by atoms with Gasteiger partial charge in [-0.25, -0.2) is 4.79 Å². The Kier molecular flexibility index (Phi) is 7.53. The summed E-state index contributed by atoms with van der Waals surface area (Å²) in [5, 5.41) is 12.8. The van der Waals surface area contributed by atoms with Crippen LogP contribution < -0.4 is 10.6 Å². The Morgan fingerprint density at radius 1 is 1.10 bits per heavy atom. The maximum Gasteiger partial charge on any atom is 0.321 e. The van der Waals surface area contributed by atoms with E-state index in [9.17, 15) is 14.4 Å². The lowest BCUT2D eigenvalue weighted by atomic mass is 9.96. The molecule has 160 valence electrons. The van der Waals surface area contributed by atoms with Gasteiger partial charge in [-0.3, -0.25) is 14.9 Å². The third kappa shape index (κ3) is 6.68. The zero-order chi connectivity index (χ0) is 21.3. The first-order valence-electron chi connectivity index (χ1n) is 10.1. The minimum atomic E-state index is -0.670. The van der Waals surface area contributed by atoms with Gasteiger partial charge in [-0.05, 0) is 31.9 Å². The van der Waals surface area contributed by atoms with Gasteiger partial charge < -0.3 is 14.5 Å². The van der Waals surface area contributed by atoms with Crippen molar-refractivity contribution in [2.75, 3.05) is 6.61 Å². The highest BCUT2D eigenvalue weighted by atomic mass is 16.5. The van der Waals surface area contributed by atoms with Crippen molar-refractivity contribution < 1.29 is 23.5 Å². The van der Waals surface area contributed by atoms with Crippen LogP contribution in [0, 0.1) is 6.92 Å². The van der Waals surface area contributed by atoms with Crippen molar-refractivity contribution in [2.45, 2.75) is 57.9 Å². The molecule has 3 amide bonds. The molecule has 9 heteroatoms. The van der Waals surface area contributed by atoms with Gasteiger partial charge in [0.05, 0.1) is 6.42 Å². The summed E-state index contributed by atoms with van der Waals surface area (Å²) in [4.78, 5) is 35.4. The Morgan fingerprint density at radius 2 is 1.83 bits per heavy atom. The summed E-state index contributed by atoms with van der Waals surface area (Å²) < 4.78 is 10.4. The fraction of sp³-hybridized carbons (Fsp3) is 0.476. The van der Waals surface area contributed by atoms with E-state index in [1.54, 1.807) is 0 Å². The highest BCUT2D eigenvalue weighted by molar-refractivity contribution is 5.95. The number of hydrogen-bond acceptors (Lipinski definition) is 7. The van der Waals surface area contributed by atoms with Crippen LogP contribution in [0.25, 0.3) is 11.5 Å². The fourth-order valence-corrected chi connectivity index (χ4v) is 3.23. The number of urea groups is 1. The van der Waals surface area contributed by atoms with Gasteiger partial charge >= 0.3 is 12.0 Å². The number of ether oxygens (including phenoxy) is 1. The normalized spacial score (nSPS) is 14.2. The van der Waals surface area contributed by atoms with Gasteiger partial charge in [0, 0.05) is 18.0 Å². The highest BCUT2D eigenvalue weighted by Crippen LogP contribution is 2.19. The van der Waals surface area contributed by atoms with Crippen LogP contribution in [0.3, 0.4) is 0 Å². The molecule has 1 aliphatic rings. The van der Waals surface area contributed by atoms with Crippen molar-refractivity contribution in [3.63, 3.8) is 0 Å². The summed E-state index contributed by atoms with van der Waals surface area (Å²) >= 11 is 0. The molecule has 2 aromatic rings. The molecule has 0 spiro atoms. The zero-order valence-corrected chi connectivity index (χ0v) is 17.0. The summed E-state index contributed by atoms with van der Waals surface area (Å²) in [5.41, 5.74) is 1.92. The molecule has 0 radical (unpaired) electrons. The highest BCUT2D eigenvalue weighted by Gasteiger charge is 2.18. The first kappa shape index (κ1) is 21.5. The van der Waals surface area contributed by atoms with E-state index < -0.39 is 24.5 Å². The van der Waals surface area contributed by atoms with E-state index in [1.165, 1.54) is 6.42 Å². The van der Waals surface area contributed by atoms with Crippen molar-refractivity contribution in [1.29, 1.82) is 0 Å². The Hall–Kier alpha value is -3.23. The summed E-state index contributed by atoms with van der Waals surface area (Å²) in [6, 6.07) is 7.17. The number of amides is 3. The van der Waals surface area contributed by atoms with Crippen LogP contribution >= 0.6 is 0 Å². The lowest BCUT2D eigenvalue weighted by Crippen LogP contribution is -2.46. The summed E-state index contributed by atoms with van der Waals surface area (Å²) in [6.07, 6.45) is 5.33. The molecular weight excluding hydrogens is 388 g/mol. The molecule has 0 bridgehead atoms. The number of aryl methyl sites for hydroxylation is 2. The second kappa shape index (κ2) is 10.5. The number of esters is 1. The van der Waals surface area contributed by atoms with Gasteiger partial charge in [0.15, 0.2) is 6.61 Å². The number of nitrogens with zero attached hydrogens (tertiary/aromatic N) is 2. The van der Waals surface area contributed by atoms with Gasteiger partial charge in [-0.1, -0.05) is 37.0 Å². The summed E-state index contributed by atoms with van der Waals surface area (Å²) in [5.74, 6) is -0.579. The number of rotatable bonds is 7. The molecule has 2 N–H and O–H groups in total. The molecule has 1 saturated carbocycles. The monoisotopic (exact) mass is 414 g/mol. The smallest absolute Gasteiger partial charge is 0.321 e. The molecule has 0 saturated heterocycles. The number of hydrogen-bond donors (Lipinski definition) is 2. The number of aromatic nitrogens is 2. The van der Waals surface area contributed by atoms with Crippen molar-refractivity contribution in [3.8, 4) is 11.5 Å². The first-order valence-corrected chi connectivity index (χ1v) is 10.1. The van der Waals surface area contributed by atoms with Gasteiger partial charge in [0.2, 0.25) is 11.8 Å². The third-order valence-corrected chi connectivity index (χ3v) is 4.87. The fourth-order valence-electron chi connectivity index (χ4n) is 3.23. The van der Waals surface area contributed by atoms with E-state index in [0.717, 1.165) is 36.8 Å². The average Bonchev–Trinajstić information content (AvgIpc) is 3.21. The van der Waals surface area contributed by atoms with Crippen LogP contribution in [-0.4, -0.2) is 40.8 Å². The van der Waals surface area contributed by atoms with Gasteiger partial charge in [0.25, 0.3) is 5.91 Å². The number of benzene rings is 1. The molecule has 0 atom stereocenters. The standard InChI is InChI=1S/C21H26N4O5/c1-14-7-9-15(10-8-14)20-25-24-18(30-20)11-12-19(27)29-13-17(26)23-21(28)22-16-5-3-2-4-6-16/h7-10,16H,2-6,11-13H2,1H3,(H2,22,23,26,28). The van der Waals surface area contributed by atoms with E-state index in [0.29, 0.717) is 11.8 Å². The maximum atomic E-state index is 11.8. The number of nitrogens with one attached hydrogen (secondary N) is 2. The second-order valence-electron chi connectivity index (χ2n) is 7.38. The number of carbonyl (C=O) groups excluding carboxylic acids is 3. The number of carbonyl (C=O) groups is 3. The molecule has 9 nitrogen and oxygen atoms in total.